The average molecular weight is 328 g/mol. The van der Waals surface area contributed by atoms with Gasteiger partial charge in [-0.3, -0.25) is 14.4 Å². The predicted molar refractivity (Wildman–Crippen MR) is 84.3 cm³/mol. The molecule has 3 rings (SSSR count). The molecule has 2 aliphatic rings. The highest BCUT2D eigenvalue weighted by Gasteiger charge is 2.53. The van der Waals surface area contributed by atoms with Crippen molar-refractivity contribution in [3.63, 3.8) is 0 Å². The van der Waals surface area contributed by atoms with Gasteiger partial charge in [-0.2, -0.15) is 0 Å². The van der Waals surface area contributed by atoms with E-state index in [-0.39, 0.29) is 28.4 Å². The number of aryl methyl sites for hydroxylation is 1. The van der Waals surface area contributed by atoms with E-state index in [1.807, 2.05) is 0 Å². The van der Waals surface area contributed by atoms with Crippen molar-refractivity contribution in [1.29, 1.82) is 0 Å². The summed E-state index contributed by atoms with van der Waals surface area (Å²) in [6.45, 7) is 5.67. The molecule has 0 aromatic heterocycles. The molecule has 0 bridgehead atoms. The van der Waals surface area contributed by atoms with E-state index < -0.39 is 28.5 Å². The zero-order valence-electron chi connectivity index (χ0n) is 13.7. The van der Waals surface area contributed by atoms with E-state index in [1.54, 1.807) is 19.9 Å². The van der Waals surface area contributed by atoms with Crippen LogP contribution in [0.2, 0.25) is 0 Å². The Balaban J connectivity index is 2.35. The number of phenols is 1. The van der Waals surface area contributed by atoms with Crippen molar-refractivity contribution in [3.05, 3.63) is 45.9 Å². The summed E-state index contributed by atoms with van der Waals surface area (Å²) in [5, 5.41) is 20.2. The zero-order valence-corrected chi connectivity index (χ0v) is 13.7. The highest BCUT2D eigenvalue weighted by atomic mass is 16.5. The molecule has 24 heavy (non-hydrogen) atoms. The smallest absolute Gasteiger partial charge is 0.188 e. The van der Waals surface area contributed by atoms with E-state index in [0.29, 0.717) is 11.1 Å². The summed E-state index contributed by atoms with van der Waals surface area (Å²) in [7, 11) is 0. The molecule has 1 aromatic carbocycles. The molecule has 0 saturated heterocycles. The van der Waals surface area contributed by atoms with Crippen molar-refractivity contribution in [2.45, 2.75) is 33.1 Å². The number of carbonyl (C=O) groups is 3. The van der Waals surface area contributed by atoms with Gasteiger partial charge in [0.15, 0.2) is 17.3 Å². The number of phenolic OH excluding ortho intramolecular Hbond substituents is 1. The van der Waals surface area contributed by atoms with Gasteiger partial charge in [-0.1, -0.05) is 0 Å². The Morgan fingerprint density at radius 3 is 2.33 bits per heavy atom. The number of ether oxygens (including phenoxy) is 1. The number of hydrogen-bond acceptors (Lipinski definition) is 6. The van der Waals surface area contributed by atoms with E-state index in [0.717, 1.165) is 0 Å². The predicted octanol–water partition coefficient (Wildman–Crippen LogP) is 2.42. The lowest BCUT2D eigenvalue weighted by atomic mass is 9.71. The second-order valence-corrected chi connectivity index (χ2v) is 6.23. The lowest BCUT2D eigenvalue weighted by Crippen LogP contribution is -2.38. The van der Waals surface area contributed by atoms with Gasteiger partial charge >= 0.3 is 0 Å². The Bertz CT molecular complexity index is 903. The highest BCUT2D eigenvalue weighted by Crippen LogP contribution is 2.53. The van der Waals surface area contributed by atoms with Crippen molar-refractivity contribution in [2.75, 3.05) is 0 Å². The van der Waals surface area contributed by atoms with Crippen LogP contribution in [0, 0.1) is 6.92 Å². The van der Waals surface area contributed by atoms with Crippen LogP contribution in [0.3, 0.4) is 0 Å². The second kappa shape index (κ2) is 4.80. The first-order valence-electron chi connectivity index (χ1n) is 7.37. The van der Waals surface area contributed by atoms with Gasteiger partial charge in [0.25, 0.3) is 0 Å². The molecule has 6 nitrogen and oxygen atoms in total. The van der Waals surface area contributed by atoms with Crippen LogP contribution in [0.5, 0.6) is 11.5 Å². The topological polar surface area (TPSA) is 101 Å². The Morgan fingerprint density at radius 1 is 1.17 bits per heavy atom. The lowest BCUT2D eigenvalue weighted by molar-refractivity contribution is -0.123. The third kappa shape index (κ3) is 1.79. The fraction of sp³-hybridized carbons (Fsp3) is 0.278. The third-order valence-corrected chi connectivity index (χ3v) is 4.60. The van der Waals surface area contributed by atoms with Gasteiger partial charge in [0.1, 0.15) is 39.6 Å². The Labute approximate surface area is 138 Å². The fourth-order valence-electron chi connectivity index (χ4n) is 3.25. The standard InChI is InChI=1S/C18H16O6/c1-7-5-10-16(14(9(3)20)15(7)22)24-12-6-11(21)13(8(2)19)17(23)18(10,12)4/h5-6,21-22H,1-4H3. The number of allylic oxidation sites excluding steroid dienone is 3. The van der Waals surface area contributed by atoms with Crippen LogP contribution in [0.1, 0.15) is 42.3 Å². The first-order valence-corrected chi connectivity index (χ1v) is 7.37. The molecule has 1 heterocycles. The lowest BCUT2D eigenvalue weighted by Gasteiger charge is -2.27. The van der Waals surface area contributed by atoms with Crippen LogP contribution in [-0.2, 0) is 15.0 Å². The van der Waals surface area contributed by atoms with E-state index in [1.165, 1.54) is 19.9 Å². The molecular weight excluding hydrogens is 312 g/mol. The van der Waals surface area contributed by atoms with Gasteiger partial charge in [-0.25, -0.2) is 0 Å². The maximum atomic E-state index is 12.9. The SMILES string of the molecule is CC(=O)C1=C(O)C=C2Oc3c(cc(C)c(O)c3C(C)=O)C2(C)C1=O. The van der Waals surface area contributed by atoms with Crippen LogP contribution in [0.25, 0.3) is 0 Å². The van der Waals surface area contributed by atoms with Gasteiger partial charge in [0.05, 0.1) is 0 Å². The summed E-state index contributed by atoms with van der Waals surface area (Å²) in [5.74, 6) is -2.01. The number of aliphatic hydroxyl groups excluding tert-OH is 1. The monoisotopic (exact) mass is 328 g/mol. The maximum Gasteiger partial charge on any atom is 0.188 e. The average Bonchev–Trinajstić information content (AvgIpc) is 2.73. The quantitative estimate of drug-likeness (QED) is 0.639. The second-order valence-electron chi connectivity index (χ2n) is 6.23. The fourth-order valence-corrected chi connectivity index (χ4v) is 3.25. The minimum atomic E-state index is -1.33. The summed E-state index contributed by atoms with van der Waals surface area (Å²) < 4.78 is 5.67. The molecule has 0 fully saturated rings. The first kappa shape index (κ1) is 16.0. The van der Waals surface area contributed by atoms with E-state index in [9.17, 15) is 24.6 Å². The molecule has 1 aliphatic carbocycles. The molecule has 1 aliphatic heterocycles. The van der Waals surface area contributed by atoms with Gasteiger partial charge in [-0.05, 0) is 39.3 Å². The Hall–Kier alpha value is -2.89. The third-order valence-electron chi connectivity index (χ3n) is 4.60. The minimum Gasteiger partial charge on any atom is -0.507 e. The molecule has 0 amide bonds. The number of fused-ring (bicyclic) bond motifs is 3. The summed E-state index contributed by atoms with van der Waals surface area (Å²) in [6, 6.07) is 1.57. The molecule has 1 unspecified atom stereocenters. The Kier molecular flexibility index (Phi) is 3.20. The van der Waals surface area contributed by atoms with E-state index in [2.05, 4.69) is 0 Å². The van der Waals surface area contributed by atoms with Gasteiger partial charge in [0, 0.05) is 11.6 Å². The maximum absolute atomic E-state index is 12.9. The number of ketones is 3. The number of Topliss-reactive ketones (excluding diaryl/α,β-unsaturated/α-hetero) is 3. The van der Waals surface area contributed by atoms with Crippen molar-refractivity contribution < 1.29 is 29.3 Å². The molecule has 0 saturated carbocycles. The van der Waals surface area contributed by atoms with Crippen LogP contribution in [0.4, 0.5) is 0 Å². The summed E-state index contributed by atoms with van der Waals surface area (Å²) >= 11 is 0. The van der Waals surface area contributed by atoms with Gasteiger partial charge in [-0.15, -0.1) is 0 Å². The molecule has 2 N–H and O–H groups in total. The first-order chi connectivity index (χ1) is 11.1. The molecule has 124 valence electrons. The largest absolute Gasteiger partial charge is 0.507 e. The van der Waals surface area contributed by atoms with E-state index >= 15 is 0 Å². The van der Waals surface area contributed by atoms with E-state index in [4.69, 9.17) is 4.74 Å². The number of aliphatic hydroxyl groups is 1. The molecule has 1 aromatic rings. The summed E-state index contributed by atoms with van der Waals surface area (Å²) in [6.07, 6.45) is 1.22. The minimum absolute atomic E-state index is 0.0156. The number of aromatic hydroxyl groups is 1. The summed E-state index contributed by atoms with van der Waals surface area (Å²) in [4.78, 5) is 36.6. The number of hydrogen-bond donors (Lipinski definition) is 2. The van der Waals surface area contributed by atoms with Crippen molar-refractivity contribution in [3.8, 4) is 11.5 Å². The molecule has 1 atom stereocenters. The van der Waals surface area contributed by atoms with Gasteiger partial charge in [0.2, 0.25) is 0 Å². The molecule has 6 heteroatoms. The van der Waals surface area contributed by atoms with Crippen LogP contribution >= 0.6 is 0 Å². The van der Waals surface area contributed by atoms with Crippen LogP contribution < -0.4 is 4.74 Å². The number of benzene rings is 1. The molecular formula is C18H16O6. The molecule has 0 radical (unpaired) electrons. The highest BCUT2D eigenvalue weighted by molar-refractivity contribution is 6.25. The number of carbonyl (C=O) groups excluding carboxylic acids is 3. The van der Waals surface area contributed by atoms with Crippen molar-refractivity contribution >= 4 is 17.3 Å². The van der Waals surface area contributed by atoms with Crippen LogP contribution in [-0.4, -0.2) is 27.6 Å². The summed E-state index contributed by atoms with van der Waals surface area (Å²) in [5.41, 5.74) is -0.830. The van der Waals surface area contributed by atoms with Crippen molar-refractivity contribution in [2.24, 2.45) is 0 Å². The number of rotatable bonds is 2. The Morgan fingerprint density at radius 2 is 1.79 bits per heavy atom. The van der Waals surface area contributed by atoms with Crippen LogP contribution in [0.15, 0.2) is 29.2 Å². The molecule has 0 spiro atoms. The van der Waals surface area contributed by atoms with Crippen molar-refractivity contribution in [1.82, 2.24) is 0 Å². The normalized spacial score (nSPS) is 21.8. The zero-order chi connectivity index (χ0) is 18.0. The van der Waals surface area contributed by atoms with Gasteiger partial charge < -0.3 is 14.9 Å².